The summed E-state index contributed by atoms with van der Waals surface area (Å²) in [5, 5.41) is 9.37. The van der Waals surface area contributed by atoms with Crippen LogP contribution in [0.5, 0.6) is 5.75 Å². The number of piperazine rings is 1. The number of benzene rings is 1. The highest BCUT2D eigenvalue weighted by atomic mass is 16.6. The van der Waals surface area contributed by atoms with Crippen molar-refractivity contribution in [2.45, 2.75) is 58.8 Å². The minimum atomic E-state index is -0.469. The van der Waals surface area contributed by atoms with E-state index in [1.165, 1.54) is 0 Å². The van der Waals surface area contributed by atoms with Crippen LogP contribution in [0, 0.1) is 0 Å². The van der Waals surface area contributed by atoms with Crippen LogP contribution in [0.2, 0.25) is 0 Å². The number of ether oxygens (including phenoxy) is 1. The monoisotopic (exact) mass is 320 g/mol. The highest BCUT2D eigenvalue weighted by Gasteiger charge is 2.34. The van der Waals surface area contributed by atoms with Gasteiger partial charge in [0.05, 0.1) is 0 Å². The first-order valence-corrected chi connectivity index (χ1v) is 8.17. The zero-order valence-electron chi connectivity index (χ0n) is 14.7. The van der Waals surface area contributed by atoms with Gasteiger partial charge in [-0.25, -0.2) is 4.79 Å². The van der Waals surface area contributed by atoms with Crippen molar-refractivity contribution >= 4 is 6.09 Å². The second kappa shape index (κ2) is 6.79. The Balaban J connectivity index is 1.98. The number of carbonyl (C=O) groups is 1. The van der Waals surface area contributed by atoms with Crippen molar-refractivity contribution in [2.24, 2.45) is 0 Å². The van der Waals surface area contributed by atoms with Gasteiger partial charge in [-0.2, -0.15) is 0 Å². The average Bonchev–Trinajstić information content (AvgIpc) is 2.43. The Morgan fingerprint density at radius 1 is 1.17 bits per heavy atom. The molecule has 0 unspecified atom stereocenters. The zero-order chi connectivity index (χ0) is 17.2. The fourth-order valence-electron chi connectivity index (χ4n) is 2.83. The van der Waals surface area contributed by atoms with Gasteiger partial charge in [-0.3, -0.25) is 4.90 Å². The highest BCUT2D eigenvalue weighted by molar-refractivity contribution is 5.68. The van der Waals surface area contributed by atoms with E-state index in [4.69, 9.17) is 4.74 Å². The molecule has 0 aliphatic carbocycles. The fraction of sp³-hybridized carbons (Fsp3) is 0.611. The largest absolute Gasteiger partial charge is 0.508 e. The van der Waals surface area contributed by atoms with Crippen molar-refractivity contribution in [3.63, 3.8) is 0 Å². The molecule has 1 fully saturated rings. The predicted molar refractivity (Wildman–Crippen MR) is 90.4 cm³/mol. The molecule has 128 valence electrons. The van der Waals surface area contributed by atoms with E-state index in [-0.39, 0.29) is 23.9 Å². The van der Waals surface area contributed by atoms with Crippen molar-refractivity contribution in [3.05, 3.63) is 29.8 Å². The molecule has 23 heavy (non-hydrogen) atoms. The first-order chi connectivity index (χ1) is 10.7. The number of amides is 1. The van der Waals surface area contributed by atoms with Crippen LogP contribution in [0.1, 0.15) is 40.2 Å². The average molecular weight is 320 g/mol. The lowest BCUT2D eigenvalue weighted by Gasteiger charge is -2.44. The Labute approximate surface area is 138 Å². The number of rotatable bonds is 2. The van der Waals surface area contributed by atoms with E-state index in [2.05, 4.69) is 18.7 Å². The SMILES string of the molecule is C[C@H]1CN(C(=O)OC(C)(C)C)[C@@H](C)CN1Cc1ccc(O)cc1. The molecule has 1 aromatic rings. The molecule has 1 aromatic carbocycles. The summed E-state index contributed by atoms with van der Waals surface area (Å²) < 4.78 is 5.50. The minimum absolute atomic E-state index is 0.109. The third-order valence-corrected chi connectivity index (χ3v) is 4.07. The van der Waals surface area contributed by atoms with Gasteiger partial charge in [0.15, 0.2) is 0 Å². The molecule has 2 rings (SSSR count). The third-order valence-electron chi connectivity index (χ3n) is 4.07. The van der Waals surface area contributed by atoms with Crippen molar-refractivity contribution in [1.82, 2.24) is 9.80 Å². The van der Waals surface area contributed by atoms with Gasteiger partial charge in [0.25, 0.3) is 0 Å². The third kappa shape index (κ3) is 4.86. The molecule has 1 aliphatic rings. The fourth-order valence-corrected chi connectivity index (χ4v) is 2.83. The van der Waals surface area contributed by atoms with Crippen LogP contribution in [0.15, 0.2) is 24.3 Å². The Kier molecular flexibility index (Phi) is 5.19. The molecule has 1 amide bonds. The minimum Gasteiger partial charge on any atom is -0.508 e. The number of hydrogen-bond donors (Lipinski definition) is 1. The molecular weight excluding hydrogens is 292 g/mol. The molecule has 5 nitrogen and oxygen atoms in total. The summed E-state index contributed by atoms with van der Waals surface area (Å²) in [6.45, 7) is 12.1. The van der Waals surface area contributed by atoms with Crippen LogP contribution in [-0.2, 0) is 11.3 Å². The van der Waals surface area contributed by atoms with Gasteiger partial charge >= 0.3 is 6.09 Å². The molecule has 0 bridgehead atoms. The van der Waals surface area contributed by atoms with Crippen LogP contribution in [-0.4, -0.2) is 51.8 Å². The van der Waals surface area contributed by atoms with Crippen LogP contribution < -0.4 is 0 Å². The van der Waals surface area contributed by atoms with Gasteiger partial charge in [0.1, 0.15) is 11.4 Å². The smallest absolute Gasteiger partial charge is 0.410 e. The van der Waals surface area contributed by atoms with Crippen LogP contribution in [0.4, 0.5) is 4.79 Å². The van der Waals surface area contributed by atoms with E-state index in [9.17, 15) is 9.90 Å². The zero-order valence-corrected chi connectivity index (χ0v) is 14.7. The van der Waals surface area contributed by atoms with Gasteiger partial charge in [-0.1, -0.05) is 12.1 Å². The summed E-state index contributed by atoms with van der Waals surface area (Å²) in [7, 11) is 0. The molecule has 1 heterocycles. The lowest BCUT2D eigenvalue weighted by molar-refractivity contribution is -0.0117. The van der Waals surface area contributed by atoms with Gasteiger partial charge < -0.3 is 14.7 Å². The number of carbonyl (C=O) groups excluding carboxylic acids is 1. The topological polar surface area (TPSA) is 53.0 Å². The normalized spacial score (nSPS) is 22.9. The van der Waals surface area contributed by atoms with E-state index in [1.54, 1.807) is 12.1 Å². The van der Waals surface area contributed by atoms with E-state index in [0.29, 0.717) is 6.54 Å². The van der Waals surface area contributed by atoms with Crippen molar-refractivity contribution < 1.29 is 14.6 Å². The van der Waals surface area contributed by atoms with Gasteiger partial charge in [-0.05, 0) is 52.3 Å². The van der Waals surface area contributed by atoms with E-state index >= 15 is 0 Å². The number of phenolic OH excluding ortho intramolecular Hbond substituents is 1. The molecule has 5 heteroatoms. The number of hydrogen-bond acceptors (Lipinski definition) is 4. The summed E-state index contributed by atoms with van der Waals surface area (Å²) in [4.78, 5) is 16.5. The van der Waals surface area contributed by atoms with Crippen LogP contribution in [0.3, 0.4) is 0 Å². The summed E-state index contributed by atoms with van der Waals surface area (Å²) >= 11 is 0. The maximum absolute atomic E-state index is 12.3. The van der Waals surface area contributed by atoms with E-state index in [0.717, 1.165) is 18.7 Å². The number of nitrogens with zero attached hydrogens (tertiary/aromatic N) is 2. The van der Waals surface area contributed by atoms with Crippen LogP contribution >= 0.6 is 0 Å². The van der Waals surface area contributed by atoms with E-state index in [1.807, 2.05) is 37.8 Å². The first kappa shape index (κ1) is 17.6. The molecule has 2 atom stereocenters. The number of aromatic hydroxyl groups is 1. The molecule has 0 radical (unpaired) electrons. The molecule has 1 aliphatic heterocycles. The maximum Gasteiger partial charge on any atom is 0.410 e. The molecule has 0 aromatic heterocycles. The van der Waals surface area contributed by atoms with Gasteiger partial charge in [0.2, 0.25) is 0 Å². The Morgan fingerprint density at radius 2 is 1.78 bits per heavy atom. The molecule has 0 spiro atoms. The Bertz CT molecular complexity index is 536. The summed E-state index contributed by atoms with van der Waals surface area (Å²) in [6, 6.07) is 7.66. The van der Waals surface area contributed by atoms with Crippen molar-refractivity contribution in [1.29, 1.82) is 0 Å². The summed E-state index contributed by atoms with van der Waals surface area (Å²) in [6.07, 6.45) is -0.235. The standard InChI is InChI=1S/C18H28N2O3/c1-13-11-20(17(22)23-18(3,4)5)14(2)10-19(13)12-15-6-8-16(21)9-7-15/h6-9,13-14,21H,10-12H2,1-5H3/t13-,14-/m0/s1. The molecular formula is C18H28N2O3. The summed E-state index contributed by atoms with van der Waals surface area (Å²) in [5.41, 5.74) is 0.691. The quantitative estimate of drug-likeness (QED) is 0.909. The molecule has 0 saturated carbocycles. The van der Waals surface area contributed by atoms with Gasteiger partial charge in [0, 0.05) is 31.7 Å². The number of phenols is 1. The predicted octanol–water partition coefficient (Wildman–Crippen LogP) is 3.22. The summed E-state index contributed by atoms with van der Waals surface area (Å²) in [5.74, 6) is 0.282. The van der Waals surface area contributed by atoms with Gasteiger partial charge in [-0.15, -0.1) is 0 Å². The van der Waals surface area contributed by atoms with Crippen molar-refractivity contribution in [2.75, 3.05) is 13.1 Å². The first-order valence-electron chi connectivity index (χ1n) is 8.17. The highest BCUT2D eigenvalue weighted by Crippen LogP contribution is 2.21. The Hall–Kier alpha value is -1.75. The van der Waals surface area contributed by atoms with Crippen molar-refractivity contribution in [3.8, 4) is 5.75 Å². The van der Waals surface area contributed by atoms with Crippen LogP contribution in [0.25, 0.3) is 0 Å². The molecule has 1 saturated heterocycles. The second-order valence-corrected chi connectivity index (χ2v) is 7.43. The molecule has 1 N–H and O–H groups in total. The lowest BCUT2D eigenvalue weighted by atomic mass is 10.1. The maximum atomic E-state index is 12.3. The van der Waals surface area contributed by atoms with E-state index < -0.39 is 5.60 Å². The second-order valence-electron chi connectivity index (χ2n) is 7.43. The Morgan fingerprint density at radius 3 is 2.35 bits per heavy atom. The lowest BCUT2D eigenvalue weighted by Crippen LogP contribution is -2.58.